The average molecular weight is 340 g/mol. The Morgan fingerprint density at radius 2 is 2.04 bits per heavy atom. The van der Waals surface area contributed by atoms with E-state index >= 15 is 0 Å². The summed E-state index contributed by atoms with van der Waals surface area (Å²) in [5.41, 5.74) is 0. The first-order valence-electron chi connectivity index (χ1n) is 8.93. The Morgan fingerprint density at radius 1 is 1.29 bits per heavy atom. The van der Waals surface area contributed by atoms with Gasteiger partial charge in [0.25, 0.3) is 0 Å². The maximum Gasteiger partial charge on any atom is 0.305 e. The molecule has 0 aromatic rings. The molecule has 0 amide bonds. The maximum absolute atomic E-state index is 11.0. The Bertz CT molecular complexity index is 418. The Hall–Kier alpha value is -1.17. The molecule has 0 aromatic heterocycles. The monoisotopic (exact) mass is 340 g/mol. The van der Waals surface area contributed by atoms with Crippen LogP contribution in [0.25, 0.3) is 0 Å². The van der Waals surface area contributed by atoms with Gasteiger partial charge in [-0.15, -0.1) is 0 Å². The van der Waals surface area contributed by atoms with Crippen molar-refractivity contribution in [3.8, 4) is 0 Å². The van der Waals surface area contributed by atoms with Gasteiger partial charge >= 0.3 is 5.97 Å². The van der Waals surface area contributed by atoms with Crippen molar-refractivity contribution in [2.75, 3.05) is 7.11 Å². The molecule has 5 atom stereocenters. The minimum absolute atomic E-state index is 0.0399. The first-order chi connectivity index (χ1) is 11.5. The van der Waals surface area contributed by atoms with Crippen LogP contribution in [0.1, 0.15) is 51.9 Å². The number of rotatable bonds is 10. The normalized spacial score (nSPS) is 28.7. The number of aliphatic hydroxyl groups excluding tert-OH is 3. The molecule has 0 aliphatic heterocycles. The molecule has 0 aromatic carbocycles. The average Bonchev–Trinajstić information content (AvgIpc) is 2.82. The number of carbonyl (C=O) groups excluding carboxylic acids is 1. The zero-order valence-electron chi connectivity index (χ0n) is 14.8. The summed E-state index contributed by atoms with van der Waals surface area (Å²) in [6.07, 6.45) is 10.6. The van der Waals surface area contributed by atoms with Crippen LogP contribution in [0.3, 0.4) is 0 Å². The van der Waals surface area contributed by atoms with Crippen LogP contribution in [0.2, 0.25) is 0 Å². The van der Waals surface area contributed by atoms with E-state index in [-0.39, 0.29) is 17.8 Å². The molecular weight excluding hydrogens is 308 g/mol. The van der Waals surface area contributed by atoms with Crippen LogP contribution >= 0.6 is 0 Å². The highest BCUT2D eigenvalue weighted by Crippen LogP contribution is 2.36. The fraction of sp³-hybridized carbons (Fsp3) is 0.737. The first kappa shape index (κ1) is 20.9. The topological polar surface area (TPSA) is 87.0 Å². The molecule has 1 aliphatic carbocycles. The fourth-order valence-corrected chi connectivity index (χ4v) is 3.19. The first-order valence-corrected chi connectivity index (χ1v) is 8.93. The Kier molecular flexibility index (Phi) is 9.91. The van der Waals surface area contributed by atoms with Gasteiger partial charge < -0.3 is 20.1 Å². The Labute approximate surface area is 145 Å². The number of aliphatic hydroxyl groups is 3. The van der Waals surface area contributed by atoms with Crippen LogP contribution < -0.4 is 0 Å². The van der Waals surface area contributed by atoms with E-state index in [1.165, 1.54) is 7.11 Å². The lowest BCUT2D eigenvalue weighted by molar-refractivity contribution is -0.140. The second-order valence-corrected chi connectivity index (χ2v) is 6.53. The molecule has 0 spiro atoms. The van der Waals surface area contributed by atoms with E-state index in [0.717, 1.165) is 19.3 Å². The summed E-state index contributed by atoms with van der Waals surface area (Å²) in [5.74, 6) is -0.373. The molecular formula is C19H32O5. The van der Waals surface area contributed by atoms with Gasteiger partial charge in [0.1, 0.15) is 0 Å². The quantitative estimate of drug-likeness (QED) is 0.323. The van der Waals surface area contributed by atoms with Gasteiger partial charge in [-0.25, -0.2) is 0 Å². The molecule has 0 saturated heterocycles. The number of unbranched alkanes of at least 4 members (excludes halogenated alkanes) is 1. The summed E-state index contributed by atoms with van der Waals surface area (Å²) in [7, 11) is 1.38. The van der Waals surface area contributed by atoms with Crippen molar-refractivity contribution in [2.24, 2.45) is 11.8 Å². The molecule has 5 nitrogen and oxygen atoms in total. The third-order valence-electron chi connectivity index (χ3n) is 4.61. The minimum atomic E-state index is -0.567. The van der Waals surface area contributed by atoms with Gasteiger partial charge in [0.05, 0.1) is 25.4 Å². The molecule has 1 fully saturated rings. The van der Waals surface area contributed by atoms with Crippen molar-refractivity contribution in [3.63, 3.8) is 0 Å². The van der Waals surface area contributed by atoms with Gasteiger partial charge in [-0.1, -0.05) is 37.6 Å². The summed E-state index contributed by atoms with van der Waals surface area (Å²) in [5, 5.41) is 30.1. The minimum Gasteiger partial charge on any atom is -0.469 e. The summed E-state index contributed by atoms with van der Waals surface area (Å²) in [6, 6.07) is 0. The number of ether oxygens (including phenoxy) is 1. The lowest BCUT2D eigenvalue weighted by Crippen LogP contribution is -2.20. The van der Waals surface area contributed by atoms with Crippen molar-refractivity contribution in [1.82, 2.24) is 0 Å². The molecule has 1 saturated carbocycles. The van der Waals surface area contributed by atoms with Gasteiger partial charge in [-0.2, -0.15) is 0 Å². The van der Waals surface area contributed by atoms with Crippen molar-refractivity contribution < 1.29 is 24.9 Å². The van der Waals surface area contributed by atoms with Crippen molar-refractivity contribution in [3.05, 3.63) is 24.3 Å². The molecule has 5 heteroatoms. The van der Waals surface area contributed by atoms with E-state index in [2.05, 4.69) is 4.74 Å². The highest BCUT2D eigenvalue weighted by molar-refractivity contribution is 5.69. The zero-order valence-corrected chi connectivity index (χ0v) is 14.8. The predicted molar refractivity (Wildman–Crippen MR) is 93.3 cm³/mol. The number of hydrogen-bond donors (Lipinski definition) is 3. The van der Waals surface area contributed by atoms with E-state index in [0.29, 0.717) is 25.7 Å². The highest BCUT2D eigenvalue weighted by atomic mass is 16.5. The molecule has 138 valence electrons. The summed E-state index contributed by atoms with van der Waals surface area (Å²) < 4.78 is 4.59. The predicted octanol–water partition coefficient (Wildman–Crippen LogP) is 2.35. The maximum atomic E-state index is 11.0. The van der Waals surface area contributed by atoms with E-state index in [1.54, 1.807) is 6.08 Å². The number of methoxy groups -OCH3 is 1. The Morgan fingerprint density at radius 3 is 2.71 bits per heavy atom. The number of carbonyl (C=O) groups is 1. The molecule has 0 bridgehead atoms. The smallest absolute Gasteiger partial charge is 0.305 e. The lowest BCUT2D eigenvalue weighted by atomic mass is 9.89. The van der Waals surface area contributed by atoms with E-state index in [4.69, 9.17) is 0 Å². The zero-order chi connectivity index (χ0) is 17.9. The molecule has 0 unspecified atom stereocenters. The van der Waals surface area contributed by atoms with Gasteiger partial charge in [-0.3, -0.25) is 4.79 Å². The summed E-state index contributed by atoms with van der Waals surface area (Å²) in [6.45, 7) is 2.01. The second-order valence-electron chi connectivity index (χ2n) is 6.53. The second kappa shape index (κ2) is 11.4. The summed E-state index contributed by atoms with van der Waals surface area (Å²) in [4.78, 5) is 11.0. The van der Waals surface area contributed by atoms with Crippen LogP contribution in [0.15, 0.2) is 24.3 Å². The molecule has 0 radical (unpaired) electrons. The molecule has 1 aliphatic rings. The molecule has 0 heterocycles. The fourth-order valence-electron chi connectivity index (χ4n) is 3.19. The van der Waals surface area contributed by atoms with Gasteiger partial charge in [0.2, 0.25) is 0 Å². The van der Waals surface area contributed by atoms with E-state index < -0.39 is 18.3 Å². The van der Waals surface area contributed by atoms with Crippen LogP contribution in [0.5, 0.6) is 0 Å². The van der Waals surface area contributed by atoms with Crippen molar-refractivity contribution in [2.45, 2.75) is 70.2 Å². The highest BCUT2D eigenvalue weighted by Gasteiger charge is 2.39. The summed E-state index contributed by atoms with van der Waals surface area (Å²) >= 11 is 0. The number of hydrogen-bond acceptors (Lipinski definition) is 5. The molecule has 1 rings (SSSR count). The lowest BCUT2D eigenvalue weighted by Gasteiger charge is -2.19. The third kappa shape index (κ3) is 7.16. The number of allylic oxidation sites excluding steroid dienone is 2. The van der Waals surface area contributed by atoms with E-state index in [1.807, 2.05) is 25.2 Å². The third-order valence-corrected chi connectivity index (χ3v) is 4.61. The van der Waals surface area contributed by atoms with Crippen molar-refractivity contribution >= 4 is 5.97 Å². The molecule has 24 heavy (non-hydrogen) atoms. The standard InChI is InChI=1S/C19H32O5/c1-3-8-14(20)11-12-16-15(17(21)13-18(16)22)9-6-4-5-7-10-19(23)24-2/h4,6,11-12,14-18,20-22H,3,5,7-10,13H2,1-2H3/b6-4-,12-11+/t14-,15+,16+,17-,18+/m0/s1. The van der Waals surface area contributed by atoms with Gasteiger partial charge in [0, 0.05) is 18.8 Å². The van der Waals surface area contributed by atoms with Crippen LogP contribution in [0.4, 0.5) is 0 Å². The molecule has 3 N–H and O–H groups in total. The van der Waals surface area contributed by atoms with Gasteiger partial charge in [-0.05, 0) is 31.6 Å². The Balaban J connectivity index is 2.46. The largest absolute Gasteiger partial charge is 0.469 e. The van der Waals surface area contributed by atoms with Crippen LogP contribution in [-0.2, 0) is 9.53 Å². The van der Waals surface area contributed by atoms with E-state index in [9.17, 15) is 20.1 Å². The van der Waals surface area contributed by atoms with Crippen LogP contribution in [0, 0.1) is 11.8 Å². The van der Waals surface area contributed by atoms with Gasteiger partial charge in [0.15, 0.2) is 0 Å². The SMILES string of the molecule is CCC[C@H](O)/C=C/[C@@H]1[C@@H](C/C=C\CCCC(=O)OC)[C@@H](O)C[C@H]1O. The van der Waals surface area contributed by atoms with Crippen molar-refractivity contribution in [1.29, 1.82) is 0 Å². The number of esters is 1. The van der Waals surface area contributed by atoms with Crippen LogP contribution in [-0.4, -0.2) is 46.7 Å².